The Hall–Kier alpha value is -2.55. The molecule has 1 N–H and O–H groups in total. The normalized spacial score (nSPS) is 9.78. The molecular formula is C15H12O3. The summed E-state index contributed by atoms with van der Waals surface area (Å²) in [5.41, 5.74) is 1.06. The van der Waals surface area contributed by atoms with E-state index in [9.17, 15) is 4.79 Å². The molecule has 0 spiro atoms. The Morgan fingerprint density at radius 2 is 1.94 bits per heavy atom. The quantitative estimate of drug-likeness (QED) is 0.883. The highest BCUT2D eigenvalue weighted by Gasteiger charge is 2.10. The number of benzene rings is 2. The fourth-order valence-electron chi connectivity index (χ4n) is 1.56. The summed E-state index contributed by atoms with van der Waals surface area (Å²) in [4.78, 5) is 11.0. The van der Waals surface area contributed by atoms with Gasteiger partial charge in [0.05, 0.1) is 0 Å². The zero-order valence-electron chi connectivity index (χ0n) is 9.67. The maximum atomic E-state index is 11.0. The van der Waals surface area contributed by atoms with Gasteiger partial charge in [-0.05, 0) is 29.8 Å². The van der Waals surface area contributed by atoms with Gasteiger partial charge in [-0.15, -0.1) is 0 Å². The van der Waals surface area contributed by atoms with Crippen LogP contribution >= 0.6 is 0 Å². The van der Waals surface area contributed by atoms with Gasteiger partial charge in [-0.1, -0.05) is 36.9 Å². The third kappa shape index (κ3) is 2.58. The van der Waals surface area contributed by atoms with Gasteiger partial charge in [-0.3, -0.25) is 0 Å². The van der Waals surface area contributed by atoms with Gasteiger partial charge in [0.2, 0.25) is 0 Å². The lowest BCUT2D eigenvalue weighted by Crippen LogP contribution is -1.99. The lowest BCUT2D eigenvalue weighted by Gasteiger charge is -2.08. The van der Waals surface area contributed by atoms with E-state index < -0.39 is 5.97 Å². The van der Waals surface area contributed by atoms with Crippen LogP contribution in [0, 0.1) is 0 Å². The first-order chi connectivity index (χ1) is 8.70. The molecule has 90 valence electrons. The van der Waals surface area contributed by atoms with Crippen LogP contribution in [-0.2, 0) is 0 Å². The number of hydrogen-bond acceptors (Lipinski definition) is 2. The molecule has 0 bridgehead atoms. The summed E-state index contributed by atoms with van der Waals surface area (Å²) in [6.07, 6.45) is 1.70. The van der Waals surface area contributed by atoms with Crippen molar-refractivity contribution in [2.24, 2.45) is 0 Å². The first-order valence-electron chi connectivity index (χ1n) is 5.43. The fraction of sp³-hybridized carbons (Fsp3) is 0. The van der Waals surface area contributed by atoms with Crippen molar-refractivity contribution < 1.29 is 14.6 Å². The standard InChI is InChI=1S/C15H12O3/c1-2-11-6-5-7-12(10-11)18-14-9-4-3-8-13(14)15(16)17/h2-10H,1H2,(H,16,17). The van der Waals surface area contributed by atoms with Crippen LogP contribution in [0.3, 0.4) is 0 Å². The second kappa shape index (κ2) is 5.19. The minimum Gasteiger partial charge on any atom is -0.478 e. The van der Waals surface area contributed by atoms with Crippen LogP contribution in [0.4, 0.5) is 0 Å². The molecule has 0 aliphatic carbocycles. The van der Waals surface area contributed by atoms with Crippen LogP contribution < -0.4 is 4.74 Å². The summed E-state index contributed by atoms with van der Waals surface area (Å²) in [5.74, 6) is -0.0993. The van der Waals surface area contributed by atoms with Crippen molar-refractivity contribution in [3.05, 3.63) is 66.2 Å². The zero-order chi connectivity index (χ0) is 13.0. The Kier molecular flexibility index (Phi) is 3.44. The number of carboxylic acids is 1. The van der Waals surface area contributed by atoms with E-state index in [-0.39, 0.29) is 5.56 Å². The first kappa shape index (κ1) is 11.9. The first-order valence-corrected chi connectivity index (χ1v) is 5.43. The van der Waals surface area contributed by atoms with Crippen molar-refractivity contribution in [3.8, 4) is 11.5 Å². The van der Waals surface area contributed by atoms with E-state index in [1.54, 1.807) is 36.4 Å². The number of rotatable bonds is 4. The van der Waals surface area contributed by atoms with E-state index in [0.717, 1.165) is 5.56 Å². The van der Waals surface area contributed by atoms with E-state index >= 15 is 0 Å². The molecular weight excluding hydrogens is 228 g/mol. The molecule has 0 radical (unpaired) electrons. The SMILES string of the molecule is C=Cc1cccc(Oc2ccccc2C(=O)O)c1. The van der Waals surface area contributed by atoms with Gasteiger partial charge < -0.3 is 9.84 Å². The monoisotopic (exact) mass is 240 g/mol. The average molecular weight is 240 g/mol. The highest BCUT2D eigenvalue weighted by Crippen LogP contribution is 2.26. The lowest BCUT2D eigenvalue weighted by atomic mass is 10.2. The number of carboxylic acid groups (broad SMARTS) is 1. The van der Waals surface area contributed by atoms with Crippen molar-refractivity contribution in [3.63, 3.8) is 0 Å². The summed E-state index contributed by atoms with van der Waals surface area (Å²) < 4.78 is 5.58. The minimum absolute atomic E-state index is 0.140. The number of hydrogen-bond donors (Lipinski definition) is 1. The van der Waals surface area contributed by atoms with Gasteiger partial charge in [-0.2, -0.15) is 0 Å². The topological polar surface area (TPSA) is 46.5 Å². The van der Waals surface area contributed by atoms with Crippen LogP contribution in [0.25, 0.3) is 6.08 Å². The fourth-order valence-corrected chi connectivity index (χ4v) is 1.56. The second-order valence-electron chi connectivity index (χ2n) is 3.68. The molecule has 0 fully saturated rings. The molecule has 0 aliphatic heterocycles. The molecule has 18 heavy (non-hydrogen) atoms. The summed E-state index contributed by atoms with van der Waals surface area (Å²) in [6, 6.07) is 13.8. The molecule has 3 heteroatoms. The summed E-state index contributed by atoms with van der Waals surface area (Å²) >= 11 is 0. The molecule has 0 unspecified atom stereocenters. The molecule has 0 saturated carbocycles. The molecule has 0 aromatic heterocycles. The van der Waals surface area contributed by atoms with Crippen molar-refractivity contribution in [1.29, 1.82) is 0 Å². The van der Waals surface area contributed by atoms with Crippen LogP contribution in [0.15, 0.2) is 55.1 Å². The number of carbonyl (C=O) groups is 1. The lowest BCUT2D eigenvalue weighted by molar-refractivity contribution is 0.0694. The molecule has 0 aliphatic rings. The van der Waals surface area contributed by atoms with Gasteiger partial charge in [0.15, 0.2) is 0 Å². The molecule has 0 atom stereocenters. The number of aromatic carboxylic acids is 1. The summed E-state index contributed by atoms with van der Waals surface area (Å²) in [5, 5.41) is 9.05. The van der Waals surface area contributed by atoms with Crippen molar-refractivity contribution >= 4 is 12.0 Å². The highest BCUT2D eigenvalue weighted by molar-refractivity contribution is 5.90. The van der Waals surface area contributed by atoms with E-state index in [0.29, 0.717) is 11.5 Å². The van der Waals surface area contributed by atoms with Gasteiger partial charge >= 0.3 is 5.97 Å². The second-order valence-corrected chi connectivity index (χ2v) is 3.68. The Labute approximate surface area is 105 Å². The minimum atomic E-state index is -1.01. The van der Waals surface area contributed by atoms with E-state index in [2.05, 4.69) is 6.58 Å². The van der Waals surface area contributed by atoms with Gasteiger partial charge in [0, 0.05) is 0 Å². The predicted octanol–water partition coefficient (Wildman–Crippen LogP) is 3.82. The third-order valence-electron chi connectivity index (χ3n) is 2.44. The molecule has 0 saturated heterocycles. The van der Waals surface area contributed by atoms with Gasteiger partial charge in [0.25, 0.3) is 0 Å². The molecule has 2 aromatic rings. The maximum absolute atomic E-state index is 11.0. The summed E-state index contributed by atoms with van der Waals surface area (Å²) in [7, 11) is 0. The zero-order valence-corrected chi connectivity index (χ0v) is 9.67. The summed E-state index contributed by atoms with van der Waals surface area (Å²) in [6.45, 7) is 3.68. The molecule has 3 nitrogen and oxygen atoms in total. The predicted molar refractivity (Wildman–Crippen MR) is 70.0 cm³/mol. The van der Waals surface area contributed by atoms with Crippen LogP contribution in [0.1, 0.15) is 15.9 Å². The van der Waals surface area contributed by atoms with Crippen LogP contribution in [0.2, 0.25) is 0 Å². The largest absolute Gasteiger partial charge is 0.478 e. The van der Waals surface area contributed by atoms with Crippen LogP contribution in [0.5, 0.6) is 11.5 Å². The average Bonchev–Trinajstić information content (AvgIpc) is 2.39. The molecule has 2 aromatic carbocycles. The maximum Gasteiger partial charge on any atom is 0.339 e. The van der Waals surface area contributed by atoms with Gasteiger partial charge in [-0.25, -0.2) is 4.79 Å². The van der Waals surface area contributed by atoms with Crippen molar-refractivity contribution in [2.45, 2.75) is 0 Å². The molecule has 0 amide bonds. The molecule has 2 rings (SSSR count). The van der Waals surface area contributed by atoms with E-state index in [1.165, 1.54) is 6.07 Å². The van der Waals surface area contributed by atoms with Crippen molar-refractivity contribution in [2.75, 3.05) is 0 Å². The smallest absolute Gasteiger partial charge is 0.339 e. The number of para-hydroxylation sites is 1. The Balaban J connectivity index is 2.33. The van der Waals surface area contributed by atoms with E-state index in [1.807, 2.05) is 12.1 Å². The van der Waals surface area contributed by atoms with Crippen molar-refractivity contribution in [1.82, 2.24) is 0 Å². The van der Waals surface area contributed by atoms with Crippen LogP contribution in [-0.4, -0.2) is 11.1 Å². The molecule has 0 heterocycles. The Bertz CT molecular complexity index is 588. The van der Waals surface area contributed by atoms with Gasteiger partial charge in [0.1, 0.15) is 17.1 Å². The Morgan fingerprint density at radius 3 is 2.67 bits per heavy atom. The Morgan fingerprint density at radius 1 is 1.17 bits per heavy atom. The van der Waals surface area contributed by atoms with E-state index in [4.69, 9.17) is 9.84 Å². The number of ether oxygens (including phenoxy) is 1. The highest BCUT2D eigenvalue weighted by atomic mass is 16.5. The third-order valence-corrected chi connectivity index (χ3v) is 2.44.